The van der Waals surface area contributed by atoms with E-state index in [1.807, 2.05) is 0 Å². The molecule has 0 aliphatic heterocycles. The Kier molecular flexibility index (Phi) is 6.47. The summed E-state index contributed by atoms with van der Waals surface area (Å²) in [7, 11) is 0. The van der Waals surface area contributed by atoms with Gasteiger partial charge >= 0.3 is 0 Å². The standard InChI is InChI=1S/C17H27ClFN/c1-12(2)8-13(11-20-17(3,4)5)9-14-10-15(18)6-7-16(14)19/h6-7,10,12-13,20H,8-9,11H2,1-5H3. The van der Waals surface area contributed by atoms with Gasteiger partial charge in [-0.2, -0.15) is 0 Å². The van der Waals surface area contributed by atoms with Crippen LogP contribution in [0.3, 0.4) is 0 Å². The van der Waals surface area contributed by atoms with Crippen LogP contribution in [0, 0.1) is 17.7 Å². The highest BCUT2D eigenvalue weighted by Gasteiger charge is 2.17. The first-order chi connectivity index (χ1) is 9.17. The maximum Gasteiger partial charge on any atom is 0.126 e. The Bertz CT molecular complexity index is 423. The predicted octanol–water partition coefficient (Wildman–Crippen LogP) is 5.07. The third-order valence-electron chi connectivity index (χ3n) is 3.24. The van der Waals surface area contributed by atoms with Gasteiger partial charge < -0.3 is 5.32 Å². The molecule has 1 N–H and O–H groups in total. The minimum absolute atomic E-state index is 0.0854. The Hall–Kier alpha value is -0.600. The highest BCUT2D eigenvalue weighted by molar-refractivity contribution is 6.30. The van der Waals surface area contributed by atoms with E-state index in [1.54, 1.807) is 12.1 Å². The number of rotatable bonds is 6. The van der Waals surface area contributed by atoms with Crippen LogP contribution in [0.1, 0.15) is 46.6 Å². The van der Waals surface area contributed by atoms with E-state index in [0.29, 0.717) is 16.9 Å². The molecule has 1 aromatic carbocycles. The van der Waals surface area contributed by atoms with E-state index in [0.717, 1.165) is 24.9 Å². The van der Waals surface area contributed by atoms with Crippen LogP contribution >= 0.6 is 11.6 Å². The maximum absolute atomic E-state index is 13.9. The Balaban J connectivity index is 2.75. The predicted molar refractivity (Wildman–Crippen MR) is 85.8 cm³/mol. The smallest absolute Gasteiger partial charge is 0.126 e. The molecule has 0 heterocycles. The molecule has 0 aliphatic carbocycles. The lowest BCUT2D eigenvalue weighted by Gasteiger charge is -2.26. The Morgan fingerprint density at radius 3 is 2.45 bits per heavy atom. The van der Waals surface area contributed by atoms with Gasteiger partial charge in [-0.15, -0.1) is 0 Å². The van der Waals surface area contributed by atoms with Crippen molar-refractivity contribution in [2.45, 2.75) is 53.0 Å². The van der Waals surface area contributed by atoms with Crippen molar-refractivity contribution in [1.29, 1.82) is 0 Å². The third kappa shape index (κ3) is 6.71. The van der Waals surface area contributed by atoms with Crippen LogP contribution in [-0.4, -0.2) is 12.1 Å². The summed E-state index contributed by atoms with van der Waals surface area (Å²) in [6.07, 6.45) is 1.81. The molecule has 0 radical (unpaired) electrons. The topological polar surface area (TPSA) is 12.0 Å². The zero-order chi connectivity index (χ0) is 15.3. The van der Waals surface area contributed by atoms with Crippen LogP contribution in [0.4, 0.5) is 4.39 Å². The minimum Gasteiger partial charge on any atom is -0.312 e. The summed E-state index contributed by atoms with van der Waals surface area (Å²) in [5.41, 5.74) is 0.807. The van der Waals surface area contributed by atoms with Crippen LogP contribution < -0.4 is 5.32 Å². The summed E-state index contributed by atoms with van der Waals surface area (Å²) in [5, 5.41) is 4.13. The first-order valence-corrected chi connectivity index (χ1v) is 7.74. The molecule has 1 aromatic rings. The number of halogens is 2. The third-order valence-corrected chi connectivity index (χ3v) is 3.48. The fourth-order valence-electron chi connectivity index (χ4n) is 2.37. The van der Waals surface area contributed by atoms with Gasteiger partial charge in [0.05, 0.1) is 0 Å². The van der Waals surface area contributed by atoms with Gasteiger partial charge in [-0.1, -0.05) is 25.4 Å². The van der Waals surface area contributed by atoms with E-state index in [-0.39, 0.29) is 11.4 Å². The van der Waals surface area contributed by atoms with Gasteiger partial charge in [0.2, 0.25) is 0 Å². The molecule has 0 bridgehead atoms. The van der Waals surface area contributed by atoms with Crippen molar-refractivity contribution in [2.24, 2.45) is 11.8 Å². The normalized spacial score (nSPS) is 13.8. The molecule has 1 rings (SSSR count). The maximum atomic E-state index is 13.9. The van der Waals surface area contributed by atoms with E-state index in [2.05, 4.69) is 39.9 Å². The molecule has 20 heavy (non-hydrogen) atoms. The monoisotopic (exact) mass is 299 g/mol. The Labute approximate surface area is 127 Å². The molecule has 0 amide bonds. The average molecular weight is 300 g/mol. The van der Waals surface area contributed by atoms with Crippen LogP contribution in [0.5, 0.6) is 0 Å². The SMILES string of the molecule is CC(C)CC(CNC(C)(C)C)Cc1cc(Cl)ccc1F. The van der Waals surface area contributed by atoms with E-state index >= 15 is 0 Å². The molecule has 1 atom stereocenters. The van der Waals surface area contributed by atoms with Crippen LogP contribution in [0.25, 0.3) is 0 Å². The number of hydrogen-bond donors (Lipinski definition) is 1. The van der Waals surface area contributed by atoms with Crippen molar-refractivity contribution in [3.63, 3.8) is 0 Å². The fraction of sp³-hybridized carbons (Fsp3) is 0.647. The second-order valence-corrected chi connectivity index (χ2v) is 7.50. The van der Waals surface area contributed by atoms with Gasteiger partial charge in [0.1, 0.15) is 5.82 Å². The first-order valence-electron chi connectivity index (χ1n) is 7.36. The molecule has 0 saturated carbocycles. The minimum atomic E-state index is -0.154. The zero-order valence-electron chi connectivity index (χ0n) is 13.3. The van der Waals surface area contributed by atoms with E-state index in [9.17, 15) is 4.39 Å². The van der Waals surface area contributed by atoms with Crippen molar-refractivity contribution in [1.82, 2.24) is 5.32 Å². The van der Waals surface area contributed by atoms with Gasteiger partial charge in [0.15, 0.2) is 0 Å². The summed E-state index contributed by atoms with van der Waals surface area (Å²) >= 11 is 5.97. The lowest BCUT2D eigenvalue weighted by Crippen LogP contribution is -2.40. The average Bonchev–Trinajstić information content (AvgIpc) is 2.29. The highest BCUT2D eigenvalue weighted by atomic mass is 35.5. The van der Waals surface area contributed by atoms with Crippen LogP contribution in [0.15, 0.2) is 18.2 Å². The molecular weight excluding hydrogens is 273 g/mol. The molecule has 0 aromatic heterocycles. The van der Waals surface area contributed by atoms with Gasteiger partial charge in [-0.3, -0.25) is 0 Å². The van der Waals surface area contributed by atoms with Crippen LogP contribution in [-0.2, 0) is 6.42 Å². The first kappa shape index (κ1) is 17.5. The van der Waals surface area contributed by atoms with Crippen molar-refractivity contribution in [3.05, 3.63) is 34.6 Å². The lowest BCUT2D eigenvalue weighted by molar-refractivity contribution is 0.329. The Morgan fingerprint density at radius 2 is 1.90 bits per heavy atom. The van der Waals surface area contributed by atoms with E-state index in [1.165, 1.54) is 6.07 Å². The zero-order valence-corrected chi connectivity index (χ0v) is 14.0. The largest absolute Gasteiger partial charge is 0.312 e. The van der Waals surface area contributed by atoms with Crippen LogP contribution in [0.2, 0.25) is 5.02 Å². The fourth-order valence-corrected chi connectivity index (χ4v) is 2.56. The molecule has 1 nitrogen and oxygen atoms in total. The molecule has 0 saturated heterocycles. The Morgan fingerprint density at radius 1 is 1.25 bits per heavy atom. The number of hydrogen-bond acceptors (Lipinski definition) is 1. The summed E-state index contributed by atoms with van der Waals surface area (Å²) in [4.78, 5) is 0. The second kappa shape index (κ2) is 7.42. The van der Waals surface area contributed by atoms with Gasteiger partial charge in [-0.05, 0) is 75.8 Å². The summed E-state index contributed by atoms with van der Waals surface area (Å²) in [5.74, 6) is 0.866. The summed E-state index contributed by atoms with van der Waals surface area (Å²) in [6, 6.07) is 4.81. The molecule has 1 unspecified atom stereocenters. The summed E-state index contributed by atoms with van der Waals surface area (Å²) < 4.78 is 13.9. The summed E-state index contributed by atoms with van der Waals surface area (Å²) in [6.45, 7) is 11.8. The van der Waals surface area contributed by atoms with Gasteiger partial charge in [0.25, 0.3) is 0 Å². The molecule has 114 valence electrons. The molecule has 0 aliphatic rings. The number of benzene rings is 1. The molecule has 0 fully saturated rings. The molecule has 3 heteroatoms. The van der Waals surface area contributed by atoms with Crippen molar-refractivity contribution in [3.8, 4) is 0 Å². The molecule has 0 spiro atoms. The highest BCUT2D eigenvalue weighted by Crippen LogP contribution is 2.22. The van der Waals surface area contributed by atoms with Crippen molar-refractivity contribution >= 4 is 11.6 Å². The lowest BCUT2D eigenvalue weighted by atomic mass is 9.90. The van der Waals surface area contributed by atoms with E-state index in [4.69, 9.17) is 11.6 Å². The van der Waals surface area contributed by atoms with Gasteiger partial charge in [-0.25, -0.2) is 4.39 Å². The van der Waals surface area contributed by atoms with Crippen molar-refractivity contribution < 1.29 is 4.39 Å². The second-order valence-electron chi connectivity index (χ2n) is 7.07. The number of nitrogens with one attached hydrogen (secondary N) is 1. The van der Waals surface area contributed by atoms with Gasteiger partial charge in [0, 0.05) is 10.6 Å². The van der Waals surface area contributed by atoms with E-state index < -0.39 is 0 Å². The quantitative estimate of drug-likeness (QED) is 0.773. The van der Waals surface area contributed by atoms with Crippen molar-refractivity contribution in [2.75, 3.05) is 6.54 Å². The molecular formula is C17H27ClFN.